The first-order valence-electron chi connectivity index (χ1n) is 34.3. The van der Waals surface area contributed by atoms with E-state index in [0.717, 1.165) is 148 Å². The summed E-state index contributed by atoms with van der Waals surface area (Å²) in [6, 6.07) is 0. The number of esters is 3. The van der Waals surface area contributed by atoms with Gasteiger partial charge in [-0.3, -0.25) is 14.4 Å². The fourth-order valence-electron chi connectivity index (χ4n) is 9.23. The third kappa shape index (κ3) is 68.0. The Kier molecular flexibility index (Phi) is 65.8. The van der Waals surface area contributed by atoms with E-state index in [4.69, 9.17) is 14.2 Å². The highest BCUT2D eigenvalue weighted by atomic mass is 16.6. The van der Waals surface area contributed by atoms with Crippen molar-refractivity contribution in [2.75, 3.05) is 13.2 Å². The number of rotatable bonds is 61. The quantitative estimate of drug-likeness (QED) is 0.0261. The van der Waals surface area contributed by atoms with Gasteiger partial charge in [0.05, 0.1) is 0 Å². The summed E-state index contributed by atoms with van der Waals surface area (Å²) in [6.07, 6.45) is 100.0. The van der Waals surface area contributed by atoms with Crippen molar-refractivity contribution in [3.63, 3.8) is 0 Å². The van der Waals surface area contributed by atoms with Crippen molar-refractivity contribution >= 4 is 17.9 Å². The molecule has 6 nitrogen and oxygen atoms in total. The molecule has 0 amide bonds. The van der Waals surface area contributed by atoms with Crippen molar-refractivity contribution in [3.05, 3.63) is 146 Å². The molecule has 0 spiro atoms. The SMILES string of the molecule is CC/C=C\C/C=C\C/C=C\C/C=C\C/C=C\C/C=C\CCCCCCCCCCC(=O)OCC(COC(=O)CCCCCCC/C=C\CCCCCC)OC(=O)CCCCCCCCCCC/C=C\C/C=C\C/C=C\C/C=C\C/C=C\CC. The van der Waals surface area contributed by atoms with E-state index >= 15 is 0 Å². The van der Waals surface area contributed by atoms with Crippen LogP contribution in [-0.4, -0.2) is 37.2 Å². The summed E-state index contributed by atoms with van der Waals surface area (Å²) in [4.78, 5) is 38.4. The van der Waals surface area contributed by atoms with E-state index in [-0.39, 0.29) is 31.1 Å². The van der Waals surface area contributed by atoms with Crippen molar-refractivity contribution < 1.29 is 28.6 Å². The summed E-state index contributed by atoms with van der Waals surface area (Å²) in [7, 11) is 0. The minimum Gasteiger partial charge on any atom is -0.462 e. The first-order valence-corrected chi connectivity index (χ1v) is 34.3. The molecular formula is C77H126O6. The zero-order chi connectivity index (χ0) is 59.9. The van der Waals surface area contributed by atoms with Gasteiger partial charge in [0, 0.05) is 19.3 Å². The molecule has 0 heterocycles. The molecule has 0 saturated carbocycles. The molecule has 0 radical (unpaired) electrons. The summed E-state index contributed by atoms with van der Waals surface area (Å²) in [5, 5.41) is 0. The topological polar surface area (TPSA) is 78.9 Å². The number of carbonyl (C=O) groups is 3. The number of allylic oxidation sites excluding steroid dienone is 24. The Hall–Kier alpha value is -4.71. The molecule has 0 rings (SSSR count). The fraction of sp³-hybridized carbons (Fsp3) is 0.649. The number of carbonyl (C=O) groups excluding carboxylic acids is 3. The Balaban J connectivity index is 4.37. The molecule has 0 aliphatic rings. The van der Waals surface area contributed by atoms with Gasteiger partial charge in [0.25, 0.3) is 0 Å². The van der Waals surface area contributed by atoms with Gasteiger partial charge in [0.1, 0.15) is 13.2 Å². The molecule has 0 aromatic heterocycles. The Labute approximate surface area is 512 Å². The van der Waals surface area contributed by atoms with Gasteiger partial charge in [-0.2, -0.15) is 0 Å². The van der Waals surface area contributed by atoms with Crippen LogP contribution in [0.15, 0.2) is 146 Å². The van der Waals surface area contributed by atoms with Gasteiger partial charge in [0.15, 0.2) is 6.10 Å². The normalized spacial score (nSPS) is 13.0. The van der Waals surface area contributed by atoms with E-state index in [1.807, 2.05) is 0 Å². The molecule has 0 aromatic rings. The zero-order valence-electron chi connectivity index (χ0n) is 53.9. The molecule has 0 aliphatic heterocycles. The molecule has 6 heteroatoms. The Morgan fingerprint density at radius 2 is 0.470 bits per heavy atom. The lowest BCUT2D eigenvalue weighted by Crippen LogP contribution is -2.30. The van der Waals surface area contributed by atoms with Crippen LogP contribution < -0.4 is 0 Å². The van der Waals surface area contributed by atoms with Crippen LogP contribution in [0.5, 0.6) is 0 Å². The predicted molar refractivity (Wildman–Crippen MR) is 362 cm³/mol. The molecule has 0 N–H and O–H groups in total. The number of unbranched alkanes of at least 4 members (excludes halogenated alkanes) is 26. The highest BCUT2D eigenvalue weighted by molar-refractivity contribution is 5.71. The molecule has 83 heavy (non-hydrogen) atoms. The Bertz CT molecular complexity index is 1800. The van der Waals surface area contributed by atoms with Crippen LogP contribution in [-0.2, 0) is 28.6 Å². The van der Waals surface area contributed by atoms with E-state index in [9.17, 15) is 14.4 Å². The standard InChI is InChI=1S/C77H126O6/c1-4-7-10-13-16-19-22-25-27-29-31-33-35-37-38-40-41-43-45-47-49-52-55-58-61-64-67-70-76(79)82-73-74(72-81-75(78)69-66-63-60-57-54-51-24-21-18-15-12-9-6-3)83-77(80)71-68-65-62-59-56-53-50-48-46-44-42-39-36-34-32-30-28-26-23-20-17-14-11-8-5-2/h7-8,10-11,16-17,19-21,24-28,31-34,37-39,41-43,74H,4-6,9,12-15,18,22-23,29-30,35-36,40,44-73H2,1-3H3/b10-7-,11-8-,19-16-,20-17-,24-21-,27-25-,28-26-,33-31-,34-32-,38-37-,42-39-,43-41-. The summed E-state index contributed by atoms with van der Waals surface area (Å²) in [5.41, 5.74) is 0. The minimum atomic E-state index is -0.796. The van der Waals surface area contributed by atoms with Crippen LogP contribution in [0.25, 0.3) is 0 Å². The summed E-state index contributed by atoms with van der Waals surface area (Å²) in [6.45, 7) is 6.39. The molecule has 1 unspecified atom stereocenters. The van der Waals surface area contributed by atoms with Crippen LogP contribution in [0, 0.1) is 0 Å². The van der Waals surface area contributed by atoms with Gasteiger partial charge in [-0.05, 0) is 141 Å². The third-order valence-electron chi connectivity index (χ3n) is 14.3. The van der Waals surface area contributed by atoms with Crippen molar-refractivity contribution in [3.8, 4) is 0 Å². The van der Waals surface area contributed by atoms with Gasteiger partial charge in [-0.15, -0.1) is 0 Å². The fourth-order valence-corrected chi connectivity index (χ4v) is 9.23. The van der Waals surface area contributed by atoms with Crippen molar-refractivity contribution in [2.24, 2.45) is 0 Å². The van der Waals surface area contributed by atoms with Gasteiger partial charge in [0.2, 0.25) is 0 Å². The monoisotopic (exact) mass is 1150 g/mol. The highest BCUT2D eigenvalue weighted by Gasteiger charge is 2.19. The zero-order valence-corrected chi connectivity index (χ0v) is 53.9. The van der Waals surface area contributed by atoms with Crippen molar-refractivity contribution in [2.45, 2.75) is 309 Å². The second-order valence-corrected chi connectivity index (χ2v) is 22.3. The van der Waals surface area contributed by atoms with Crippen LogP contribution in [0.1, 0.15) is 303 Å². The second kappa shape index (κ2) is 69.8. The lowest BCUT2D eigenvalue weighted by atomic mass is 10.1. The summed E-state index contributed by atoms with van der Waals surface area (Å²) >= 11 is 0. The lowest BCUT2D eigenvalue weighted by molar-refractivity contribution is -0.167. The Morgan fingerprint density at radius 1 is 0.253 bits per heavy atom. The molecule has 470 valence electrons. The number of hydrogen-bond acceptors (Lipinski definition) is 6. The van der Waals surface area contributed by atoms with Crippen LogP contribution in [0.2, 0.25) is 0 Å². The van der Waals surface area contributed by atoms with Crippen molar-refractivity contribution in [1.82, 2.24) is 0 Å². The van der Waals surface area contributed by atoms with Crippen molar-refractivity contribution in [1.29, 1.82) is 0 Å². The van der Waals surface area contributed by atoms with Crippen LogP contribution in [0.4, 0.5) is 0 Å². The van der Waals surface area contributed by atoms with Crippen LogP contribution >= 0.6 is 0 Å². The van der Waals surface area contributed by atoms with Gasteiger partial charge in [-0.25, -0.2) is 0 Å². The summed E-state index contributed by atoms with van der Waals surface area (Å²) < 4.78 is 17.0. The Morgan fingerprint density at radius 3 is 0.747 bits per heavy atom. The molecule has 0 aliphatic carbocycles. The van der Waals surface area contributed by atoms with E-state index in [2.05, 4.69) is 167 Å². The maximum Gasteiger partial charge on any atom is 0.306 e. The lowest BCUT2D eigenvalue weighted by Gasteiger charge is -2.18. The minimum absolute atomic E-state index is 0.0909. The smallest absolute Gasteiger partial charge is 0.306 e. The van der Waals surface area contributed by atoms with Gasteiger partial charge in [-0.1, -0.05) is 289 Å². The van der Waals surface area contributed by atoms with Gasteiger partial charge >= 0.3 is 17.9 Å². The third-order valence-corrected chi connectivity index (χ3v) is 14.3. The number of hydrogen-bond donors (Lipinski definition) is 0. The molecule has 1 atom stereocenters. The average Bonchev–Trinajstić information content (AvgIpc) is 3.49. The molecule has 0 aromatic carbocycles. The first kappa shape index (κ1) is 78.3. The molecule has 0 saturated heterocycles. The summed E-state index contributed by atoms with van der Waals surface area (Å²) in [5.74, 6) is -0.909. The molecule has 0 fully saturated rings. The van der Waals surface area contributed by atoms with E-state index in [1.165, 1.54) is 116 Å². The molecule has 0 bridgehead atoms. The maximum atomic E-state index is 13.0. The largest absolute Gasteiger partial charge is 0.462 e. The molecular weight excluding hydrogens is 1020 g/mol. The van der Waals surface area contributed by atoms with E-state index in [0.29, 0.717) is 19.3 Å². The maximum absolute atomic E-state index is 13.0. The van der Waals surface area contributed by atoms with E-state index in [1.54, 1.807) is 0 Å². The highest BCUT2D eigenvalue weighted by Crippen LogP contribution is 2.16. The van der Waals surface area contributed by atoms with Crippen LogP contribution in [0.3, 0.4) is 0 Å². The predicted octanol–water partition coefficient (Wildman–Crippen LogP) is 23.9. The first-order chi connectivity index (χ1) is 41.0. The second-order valence-electron chi connectivity index (χ2n) is 22.3. The average molecular weight is 1150 g/mol. The number of ether oxygens (including phenoxy) is 3. The van der Waals surface area contributed by atoms with Gasteiger partial charge < -0.3 is 14.2 Å². The van der Waals surface area contributed by atoms with E-state index < -0.39 is 6.10 Å².